The second-order valence-electron chi connectivity index (χ2n) is 6.84. The summed E-state index contributed by atoms with van der Waals surface area (Å²) < 4.78 is 34.5. The van der Waals surface area contributed by atoms with Crippen LogP contribution in [-0.2, 0) is 22.4 Å². The summed E-state index contributed by atoms with van der Waals surface area (Å²) in [6, 6.07) is 12.6. The van der Waals surface area contributed by atoms with Gasteiger partial charge in [0.05, 0.1) is 12.2 Å². The van der Waals surface area contributed by atoms with Crippen LogP contribution < -0.4 is 4.72 Å². The van der Waals surface area contributed by atoms with Gasteiger partial charge in [-0.3, -0.25) is 9.27 Å². The van der Waals surface area contributed by atoms with E-state index in [0.717, 1.165) is 22.3 Å². The Morgan fingerprint density at radius 1 is 1.18 bits per heavy atom. The molecule has 2 N–H and O–H groups in total. The lowest BCUT2D eigenvalue weighted by Crippen LogP contribution is -2.12. The molecule has 1 heterocycles. The van der Waals surface area contributed by atoms with Crippen LogP contribution in [-0.4, -0.2) is 27.7 Å². The molecule has 0 bridgehead atoms. The fourth-order valence-corrected chi connectivity index (χ4v) is 3.18. The van der Waals surface area contributed by atoms with Crippen molar-refractivity contribution in [1.29, 1.82) is 0 Å². The molecule has 144 valence electrons. The molecular formula is C19H19N5O3S. The van der Waals surface area contributed by atoms with Crippen molar-refractivity contribution in [3.63, 3.8) is 0 Å². The van der Waals surface area contributed by atoms with Gasteiger partial charge in [0.25, 0.3) is 5.54 Å². The van der Waals surface area contributed by atoms with Crippen LogP contribution in [0.1, 0.15) is 25.0 Å². The largest absolute Gasteiger partial charge is 0.357 e. The minimum absolute atomic E-state index is 0.256. The van der Waals surface area contributed by atoms with Crippen molar-refractivity contribution in [2.75, 3.05) is 4.72 Å². The monoisotopic (exact) mass is 397 g/mol. The molecule has 3 aromatic rings. The second-order valence-corrected chi connectivity index (χ2v) is 7.99. The highest BCUT2D eigenvalue weighted by molar-refractivity contribution is 7.87. The van der Waals surface area contributed by atoms with E-state index in [9.17, 15) is 8.42 Å². The first kappa shape index (κ1) is 19.5. The van der Waals surface area contributed by atoms with E-state index in [1.807, 2.05) is 36.8 Å². The molecule has 1 aromatic heterocycles. The zero-order valence-corrected chi connectivity index (χ0v) is 16.2. The molecule has 0 unspecified atom stereocenters. The van der Waals surface area contributed by atoms with Crippen LogP contribution in [0.5, 0.6) is 0 Å². The Labute approximate surface area is 163 Å². The Morgan fingerprint density at radius 2 is 1.89 bits per heavy atom. The van der Waals surface area contributed by atoms with Crippen LogP contribution in [0.2, 0.25) is 0 Å². The Hall–Kier alpha value is -3.22. The number of aromatic nitrogens is 3. The Balaban J connectivity index is 2.01. The third-order valence-electron chi connectivity index (χ3n) is 4.25. The standard InChI is InChI=1S/C19H19N5O3S/c1-19(2,20-3)17-9-14(11-24-13-21-12-22-24)8-16(10-17)15-4-6-18(7-5-15)23-28(25,26)27/h4-10,12-13,23H,11H2,1-2H3,(H,25,26,27). The minimum atomic E-state index is -4.32. The maximum Gasteiger partial charge on any atom is 0.357 e. The average molecular weight is 397 g/mol. The predicted octanol–water partition coefficient (Wildman–Crippen LogP) is 3.36. The molecule has 0 fully saturated rings. The van der Waals surface area contributed by atoms with Crippen LogP contribution in [0.15, 0.2) is 55.1 Å². The summed E-state index contributed by atoms with van der Waals surface area (Å²) in [5.74, 6) is 0. The van der Waals surface area contributed by atoms with Gasteiger partial charge in [-0.15, -0.1) is 0 Å². The lowest BCUT2D eigenvalue weighted by molar-refractivity contribution is 0.489. The van der Waals surface area contributed by atoms with E-state index in [0.29, 0.717) is 6.54 Å². The summed E-state index contributed by atoms with van der Waals surface area (Å²) in [7, 11) is -4.32. The first-order chi connectivity index (χ1) is 13.2. The van der Waals surface area contributed by atoms with E-state index in [1.165, 1.54) is 6.33 Å². The highest BCUT2D eigenvalue weighted by Crippen LogP contribution is 2.31. The van der Waals surface area contributed by atoms with Gasteiger partial charge in [-0.05, 0) is 47.0 Å². The fourth-order valence-electron chi connectivity index (χ4n) is 2.75. The molecule has 2 aromatic carbocycles. The third-order valence-corrected chi connectivity index (χ3v) is 4.75. The van der Waals surface area contributed by atoms with E-state index in [1.54, 1.807) is 35.3 Å². The maximum absolute atomic E-state index is 10.9. The lowest BCUT2D eigenvalue weighted by atomic mass is 9.90. The molecule has 0 saturated carbocycles. The molecule has 3 rings (SSSR count). The molecule has 0 aliphatic carbocycles. The van der Waals surface area contributed by atoms with E-state index in [2.05, 4.69) is 14.9 Å². The van der Waals surface area contributed by atoms with Gasteiger partial charge in [-0.25, -0.2) is 16.2 Å². The average Bonchev–Trinajstić information content (AvgIpc) is 3.13. The quantitative estimate of drug-likeness (QED) is 0.491. The minimum Gasteiger partial charge on any atom is -0.306 e. The van der Waals surface area contributed by atoms with E-state index < -0.39 is 15.8 Å². The van der Waals surface area contributed by atoms with Crippen molar-refractivity contribution in [1.82, 2.24) is 14.8 Å². The highest BCUT2D eigenvalue weighted by Gasteiger charge is 2.27. The highest BCUT2D eigenvalue weighted by atomic mass is 32.2. The van der Waals surface area contributed by atoms with Gasteiger partial charge in [0.2, 0.25) is 0 Å². The van der Waals surface area contributed by atoms with Gasteiger partial charge >= 0.3 is 10.3 Å². The Bertz CT molecular complexity index is 1120. The Kier molecular flexibility index (Phi) is 5.18. The summed E-state index contributed by atoms with van der Waals surface area (Å²) in [5, 5.41) is 4.13. The van der Waals surface area contributed by atoms with Crippen LogP contribution in [0, 0.1) is 6.57 Å². The lowest BCUT2D eigenvalue weighted by Gasteiger charge is -2.16. The van der Waals surface area contributed by atoms with Gasteiger partial charge in [0.1, 0.15) is 12.7 Å². The third kappa shape index (κ3) is 4.73. The van der Waals surface area contributed by atoms with Gasteiger partial charge in [0, 0.05) is 19.4 Å². The maximum atomic E-state index is 10.9. The first-order valence-electron chi connectivity index (χ1n) is 8.37. The van der Waals surface area contributed by atoms with E-state index >= 15 is 0 Å². The SMILES string of the molecule is [C-]#[N+]C(C)(C)c1cc(Cn2cncn2)cc(-c2ccc(NS(=O)(=O)O)cc2)c1. The van der Waals surface area contributed by atoms with E-state index in [4.69, 9.17) is 11.1 Å². The number of hydrogen-bond acceptors (Lipinski definition) is 4. The van der Waals surface area contributed by atoms with Crippen molar-refractivity contribution >= 4 is 16.0 Å². The molecule has 0 atom stereocenters. The number of hydrogen-bond donors (Lipinski definition) is 2. The summed E-state index contributed by atoms with van der Waals surface area (Å²) in [4.78, 5) is 7.68. The summed E-state index contributed by atoms with van der Waals surface area (Å²) in [5.41, 5.74) is 3.14. The van der Waals surface area contributed by atoms with Gasteiger partial charge in [-0.2, -0.15) is 13.5 Å². The van der Waals surface area contributed by atoms with Crippen molar-refractivity contribution in [3.05, 3.63) is 77.7 Å². The van der Waals surface area contributed by atoms with Crippen molar-refractivity contribution in [2.24, 2.45) is 0 Å². The van der Waals surface area contributed by atoms with Crippen LogP contribution in [0.3, 0.4) is 0 Å². The fraction of sp³-hybridized carbons (Fsp3) is 0.211. The molecule has 0 saturated heterocycles. The number of anilines is 1. The second kappa shape index (κ2) is 7.42. The summed E-state index contributed by atoms with van der Waals surface area (Å²) in [6.45, 7) is 11.7. The zero-order valence-electron chi connectivity index (χ0n) is 15.4. The normalized spacial score (nSPS) is 11.8. The molecule has 0 radical (unpaired) electrons. The summed E-state index contributed by atoms with van der Waals surface area (Å²) in [6.07, 6.45) is 3.09. The van der Waals surface area contributed by atoms with Crippen molar-refractivity contribution in [3.8, 4) is 11.1 Å². The zero-order chi connectivity index (χ0) is 20.4. The number of nitrogens with zero attached hydrogens (tertiary/aromatic N) is 4. The molecular weight excluding hydrogens is 378 g/mol. The smallest absolute Gasteiger partial charge is 0.306 e. The molecule has 8 nitrogen and oxygen atoms in total. The van der Waals surface area contributed by atoms with Gasteiger partial charge < -0.3 is 4.85 Å². The number of nitrogens with one attached hydrogen (secondary N) is 1. The number of rotatable bonds is 6. The molecule has 0 aliphatic heterocycles. The first-order valence-corrected chi connectivity index (χ1v) is 9.81. The van der Waals surface area contributed by atoms with Gasteiger partial charge in [-0.1, -0.05) is 12.1 Å². The van der Waals surface area contributed by atoms with Crippen molar-refractivity contribution in [2.45, 2.75) is 25.9 Å². The van der Waals surface area contributed by atoms with Crippen molar-refractivity contribution < 1.29 is 13.0 Å². The number of benzene rings is 2. The predicted molar refractivity (Wildman–Crippen MR) is 106 cm³/mol. The summed E-state index contributed by atoms with van der Waals surface area (Å²) >= 11 is 0. The van der Waals surface area contributed by atoms with Crippen LogP contribution >= 0.6 is 0 Å². The van der Waals surface area contributed by atoms with Gasteiger partial charge in [0.15, 0.2) is 0 Å². The van der Waals surface area contributed by atoms with Crippen LogP contribution in [0.25, 0.3) is 16.0 Å². The molecule has 0 spiro atoms. The Morgan fingerprint density at radius 3 is 2.46 bits per heavy atom. The molecule has 9 heteroatoms. The van der Waals surface area contributed by atoms with E-state index in [-0.39, 0.29) is 5.69 Å². The molecule has 0 amide bonds. The van der Waals surface area contributed by atoms with Crippen LogP contribution in [0.4, 0.5) is 5.69 Å². The topological polar surface area (TPSA) is 101 Å². The molecule has 28 heavy (non-hydrogen) atoms. The molecule has 0 aliphatic rings.